The number of amides is 1. The van der Waals surface area contributed by atoms with E-state index in [-0.39, 0.29) is 0 Å². The number of aromatic nitrogens is 1. The zero-order chi connectivity index (χ0) is 13.1. The van der Waals surface area contributed by atoms with Gasteiger partial charge in [-0.25, -0.2) is 9.78 Å². The van der Waals surface area contributed by atoms with Gasteiger partial charge in [0.2, 0.25) is 0 Å². The van der Waals surface area contributed by atoms with E-state index in [9.17, 15) is 4.79 Å². The van der Waals surface area contributed by atoms with Crippen LogP contribution in [0.4, 0.5) is 16.3 Å². The Bertz CT molecular complexity index is 380. The number of carbonyl (C=O) groups is 1. The van der Waals surface area contributed by atoms with Crippen molar-refractivity contribution in [1.82, 2.24) is 4.98 Å². The molecule has 5 nitrogen and oxygen atoms in total. The molecule has 0 unspecified atom stereocenters. The lowest BCUT2D eigenvalue weighted by Gasteiger charge is -2.19. The van der Waals surface area contributed by atoms with Crippen LogP contribution >= 0.6 is 0 Å². The van der Waals surface area contributed by atoms with Crippen molar-refractivity contribution >= 4 is 17.6 Å². The van der Waals surface area contributed by atoms with Gasteiger partial charge in [-0.05, 0) is 32.9 Å². The molecule has 1 aromatic heterocycles. The molecule has 0 aliphatic carbocycles. The Morgan fingerprint density at radius 3 is 2.41 bits per heavy atom. The van der Waals surface area contributed by atoms with Crippen molar-refractivity contribution in [3.63, 3.8) is 0 Å². The molecule has 0 saturated carbocycles. The second kappa shape index (κ2) is 5.03. The minimum absolute atomic E-state index is 0.475. The highest BCUT2D eigenvalue weighted by molar-refractivity contribution is 5.84. The maximum Gasteiger partial charge on any atom is 0.412 e. The van der Waals surface area contributed by atoms with Gasteiger partial charge in [-0.1, -0.05) is 0 Å². The first-order chi connectivity index (χ1) is 7.78. The van der Waals surface area contributed by atoms with Crippen LogP contribution < -0.4 is 10.2 Å². The van der Waals surface area contributed by atoms with E-state index in [1.807, 2.05) is 45.8 Å². The number of ether oxygens (including phenoxy) is 1. The maximum absolute atomic E-state index is 11.5. The molecule has 0 bridgehead atoms. The number of anilines is 2. The topological polar surface area (TPSA) is 54.5 Å². The lowest BCUT2D eigenvalue weighted by atomic mass is 10.2. The van der Waals surface area contributed by atoms with Crippen molar-refractivity contribution in [2.24, 2.45) is 0 Å². The van der Waals surface area contributed by atoms with Crippen molar-refractivity contribution in [1.29, 1.82) is 0 Å². The lowest BCUT2D eigenvalue weighted by Crippen LogP contribution is -2.27. The van der Waals surface area contributed by atoms with Gasteiger partial charge in [0.05, 0.1) is 11.9 Å². The van der Waals surface area contributed by atoms with Crippen LogP contribution in [0.3, 0.4) is 0 Å². The summed E-state index contributed by atoms with van der Waals surface area (Å²) in [6.07, 6.45) is 1.12. The molecular weight excluding hydrogens is 218 g/mol. The van der Waals surface area contributed by atoms with E-state index >= 15 is 0 Å². The molecule has 0 aliphatic rings. The summed E-state index contributed by atoms with van der Waals surface area (Å²) in [5, 5.41) is 2.62. The van der Waals surface area contributed by atoms with Crippen LogP contribution in [0.1, 0.15) is 20.8 Å². The van der Waals surface area contributed by atoms with Gasteiger partial charge in [-0.3, -0.25) is 5.32 Å². The highest BCUT2D eigenvalue weighted by Gasteiger charge is 2.16. The fraction of sp³-hybridized carbons (Fsp3) is 0.500. The summed E-state index contributed by atoms with van der Waals surface area (Å²) < 4.78 is 5.13. The van der Waals surface area contributed by atoms with E-state index in [0.717, 1.165) is 5.82 Å². The molecule has 94 valence electrons. The molecule has 0 aliphatic heterocycles. The van der Waals surface area contributed by atoms with Crippen LogP contribution in [0.2, 0.25) is 0 Å². The van der Waals surface area contributed by atoms with Gasteiger partial charge in [0, 0.05) is 14.1 Å². The number of nitrogens with zero attached hydrogens (tertiary/aromatic N) is 2. The molecular formula is C12H19N3O2. The zero-order valence-corrected chi connectivity index (χ0v) is 10.9. The fourth-order valence-corrected chi connectivity index (χ4v) is 1.15. The van der Waals surface area contributed by atoms with Crippen LogP contribution in [0, 0.1) is 0 Å². The third kappa shape index (κ3) is 4.72. The molecule has 1 N–H and O–H groups in total. The van der Waals surface area contributed by atoms with E-state index in [0.29, 0.717) is 5.69 Å². The van der Waals surface area contributed by atoms with Crippen molar-refractivity contribution in [3.05, 3.63) is 18.3 Å². The van der Waals surface area contributed by atoms with Crippen molar-refractivity contribution in [2.45, 2.75) is 26.4 Å². The van der Waals surface area contributed by atoms with Gasteiger partial charge in [-0.15, -0.1) is 0 Å². The molecule has 0 fully saturated rings. The quantitative estimate of drug-likeness (QED) is 0.858. The van der Waals surface area contributed by atoms with Gasteiger partial charge in [-0.2, -0.15) is 0 Å². The molecule has 5 heteroatoms. The average Bonchev–Trinajstić information content (AvgIpc) is 2.15. The van der Waals surface area contributed by atoms with Crippen LogP contribution in [0.25, 0.3) is 0 Å². The molecule has 1 amide bonds. The fourth-order valence-electron chi connectivity index (χ4n) is 1.15. The van der Waals surface area contributed by atoms with E-state index < -0.39 is 11.7 Å². The molecule has 0 radical (unpaired) electrons. The summed E-state index contributed by atoms with van der Waals surface area (Å²) in [6, 6.07) is 3.61. The molecule has 0 aromatic carbocycles. The van der Waals surface area contributed by atoms with Gasteiger partial charge in [0.25, 0.3) is 0 Å². The van der Waals surface area contributed by atoms with Crippen molar-refractivity contribution in [3.8, 4) is 0 Å². The molecule has 1 heterocycles. The number of rotatable bonds is 2. The third-order valence-corrected chi connectivity index (χ3v) is 1.85. The Morgan fingerprint density at radius 1 is 1.35 bits per heavy atom. The van der Waals surface area contributed by atoms with Crippen LogP contribution in [0.15, 0.2) is 18.3 Å². The largest absolute Gasteiger partial charge is 0.444 e. The van der Waals surface area contributed by atoms with Crippen LogP contribution in [-0.4, -0.2) is 30.8 Å². The number of hydrogen-bond acceptors (Lipinski definition) is 4. The van der Waals surface area contributed by atoms with Crippen molar-refractivity contribution < 1.29 is 9.53 Å². The van der Waals surface area contributed by atoms with E-state index in [2.05, 4.69) is 10.3 Å². The Kier molecular flexibility index (Phi) is 3.93. The average molecular weight is 237 g/mol. The number of nitrogens with one attached hydrogen (secondary N) is 1. The van der Waals surface area contributed by atoms with Crippen molar-refractivity contribution in [2.75, 3.05) is 24.3 Å². The van der Waals surface area contributed by atoms with Gasteiger partial charge in [0.1, 0.15) is 11.4 Å². The summed E-state index contributed by atoms with van der Waals surface area (Å²) in [5.74, 6) is 0.833. The van der Waals surface area contributed by atoms with Gasteiger partial charge >= 0.3 is 6.09 Å². The first kappa shape index (κ1) is 13.3. The number of hydrogen-bond donors (Lipinski definition) is 1. The summed E-state index contributed by atoms with van der Waals surface area (Å²) in [4.78, 5) is 17.5. The predicted octanol–water partition coefficient (Wildman–Crippen LogP) is 2.49. The predicted molar refractivity (Wildman–Crippen MR) is 68.4 cm³/mol. The van der Waals surface area contributed by atoms with E-state index in [4.69, 9.17) is 4.74 Å². The maximum atomic E-state index is 11.5. The Labute approximate surface area is 102 Å². The SMILES string of the molecule is CN(C)c1ccc(NC(=O)OC(C)(C)C)cn1. The monoisotopic (exact) mass is 237 g/mol. The molecule has 17 heavy (non-hydrogen) atoms. The zero-order valence-electron chi connectivity index (χ0n) is 10.9. The normalized spacial score (nSPS) is 10.9. The molecule has 1 aromatic rings. The van der Waals surface area contributed by atoms with Gasteiger partial charge < -0.3 is 9.64 Å². The molecule has 1 rings (SSSR count). The summed E-state index contributed by atoms with van der Waals surface area (Å²) in [5.41, 5.74) is 0.117. The second-order valence-corrected chi connectivity index (χ2v) is 4.93. The van der Waals surface area contributed by atoms with E-state index in [1.165, 1.54) is 0 Å². The highest BCUT2D eigenvalue weighted by Crippen LogP contribution is 2.13. The Balaban J connectivity index is 2.61. The summed E-state index contributed by atoms with van der Waals surface area (Å²) in [6.45, 7) is 5.46. The van der Waals surface area contributed by atoms with Crippen LogP contribution in [0.5, 0.6) is 0 Å². The smallest absolute Gasteiger partial charge is 0.412 e. The molecule has 0 spiro atoms. The number of carbonyl (C=O) groups excluding carboxylic acids is 1. The minimum atomic E-state index is -0.499. The Hall–Kier alpha value is -1.78. The summed E-state index contributed by atoms with van der Waals surface area (Å²) in [7, 11) is 3.81. The molecule has 0 saturated heterocycles. The first-order valence-corrected chi connectivity index (χ1v) is 5.41. The first-order valence-electron chi connectivity index (χ1n) is 5.41. The lowest BCUT2D eigenvalue weighted by molar-refractivity contribution is 0.0636. The minimum Gasteiger partial charge on any atom is -0.444 e. The Morgan fingerprint density at radius 2 is 2.00 bits per heavy atom. The molecule has 0 atom stereocenters. The summed E-state index contributed by atoms with van der Waals surface area (Å²) >= 11 is 0. The van der Waals surface area contributed by atoms with E-state index in [1.54, 1.807) is 12.3 Å². The van der Waals surface area contributed by atoms with Crippen LogP contribution in [-0.2, 0) is 4.74 Å². The second-order valence-electron chi connectivity index (χ2n) is 4.93. The highest BCUT2D eigenvalue weighted by atomic mass is 16.6. The third-order valence-electron chi connectivity index (χ3n) is 1.85. The number of pyridine rings is 1. The van der Waals surface area contributed by atoms with Gasteiger partial charge in [0.15, 0.2) is 0 Å². The standard InChI is InChI=1S/C12H19N3O2/c1-12(2,3)17-11(16)14-9-6-7-10(13-8-9)15(4)5/h6-8H,1-5H3,(H,14,16).